The fraction of sp³-hybridized carbons (Fsp3) is 0.462. The van der Waals surface area contributed by atoms with E-state index in [0.717, 1.165) is 56.0 Å². The highest BCUT2D eigenvalue weighted by atomic mass is 16.5. The highest BCUT2D eigenvalue weighted by Crippen LogP contribution is 2.29. The molecule has 0 bridgehead atoms. The van der Waals surface area contributed by atoms with E-state index in [1.807, 2.05) is 64.5 Å². The summed E-state index contributed by atoms with van der Waals surface area (Å²) in [6.07, 6.45) is 5.64. The van der Waals surface area contributed by atoms with Gasteiger partial charge < -0.3 is 14.5 Å². The first-order valence-corrected chi connectivity index (χ1v) is 12.2. The van der Waals surface area contributed by atoms with Crippen molar-refractivity contribution in [2.75, 3.05) is 32.8 Å². The van der Waals surface area contributed by atoms with E-state index in [0.29, 0.717) is 32.0 Å². The smallest absolute Gasteiger partial charge is 0.225 e. The summed E-state index contributed by atoms with van der Waals surface area (Å²) in [7, 11) is 0. The van der Waals surface area contributed by atoms with Crippen LogP contribution < -0.4 is 4.74 Å². The van der Waals surface area contributed by atoms with Gasteiger partial charge in [0.2, 0.25) is 11.8 Å². The van der Waals surface area contributed by atoms with Crippen molar-refractivity contribution in [1.82, 2.24) is 24.4 Å². The number of nitrogens with zero attached hydrogens (tertiary/aromatic N) is 5. The van der Waals surface area contributed by atoms with Crippen LogP contribution in [0.5, 0.6) is 5.75 Å². The Hall–Kier alpha value is -3.42. The number of fused-ring (bicyclic) bond motifs is 1. The largest absolute Gasteiger partial charge is 0.493 e. The first-order valence-electron chi connectivity index (χ1n) is 12.2. The molecule has 34 heavy (non-hydrogen) atoms. The molecule has 2 aliphatic heterocycles. The number of pyridine rings is 1. The molecule has 3 aromatic rings. The van der Waals surface area contributed by atoms with Crippen molar-refractivity contribution in [3.8, 4) is 5.75 Å². The molecule has 0 N–H and O–H groups in total. The second-order valence-electron chi connectivity index (χ2n) is 9.15. The lowest BCUT2D eigenvalue weighted by atomic mass is 9.91. The first kappa shape index (κ1) is 22.4. The van der Waals surface area contributed by atoms with Crippen molar-refractivity contribution in [3.05, 3.63) is 60.6 Å². The van der Waals surface area contributed by atoms with Crippen LogP contribution in [0.2, 0.25) is 0 Å². The molecule has 1 aromatic carbocycles. The standard InChI is InChI=1S/C26H31N5O3/c32-24(13-19-34-22-6-2-1-3-7-22)29-15-11-21(12-16-29)26(33)30-17-9-20(10-18-30)25-28-27-23-8-4-5-14-31(23)25/h1-8,14,20-21H,9-13,15-19H2. The quantitative estimate of drug-likeness (QED) is 0.563. The number of hydrogen-bond acceptors (Lipinski definition) is 5. The van der Waals surface area contributed by atoms with Crippen molar-refractivity contribution in [2.24, 2.45) is 5.92 Å². The van der Waals surface area contributed by atoms with E-state index in [2.05, 4.69) is 14.6 Å². The van der Waals surface area contributed by atoms with Gasteiger partial charge in [-0.1, -0.05) is 24.3 Å². The third-order valence-electron chi connectivity index (χ3n) is 7.04. The summed E-state index contributed by atoms with van der Waals surface area (Å²) < 4.78 is 7.70. The third kappa shape index (κ3) is 4.90. The summed E-state index contributed by atoms with van der Waals surface area (Å²) in [5.41, 5.74) is 0.865. The van der Waals surface area contributed by atoms with E-state index in [4.69, 9.17) is 4.74 Å². The molecule has 8 nitrogen and oxygen atoms in total. The molecule has 0 unspecified atom stereocenters. The van der Waals surface area contributed by atoms with Crippen molar-refractivity contribution in [3.63, 3.8) is 0 Å². The molecule has 2 fully saturated rings. The second kappa shape index (κ2) is 10.2. The lowest BCUT2D eigenvalue weighted by Gasteiger charge is -2.37. The van der Waals surface area contributed by atoms with Gasteiger partial charge in [-0.3, -0.25) is 14.0 Å². The summed E-state index contributed by atoms with van der Waals surface area (Å²) in [4.78, 5) is 29.6. The Labute approximate surface area is 199 Å². The molecule has 2 aromatic heterocycles. The Bertz CT molecular complexity index is 1120. The minimum absolute atomic E-state index is 0.00934. The molecule has 0 aliphatic carbocycles. The van der Waals surface area contributed by atoms with Gasteiger partial charge >= 0.3 is 0 Å². The van der Waals surface area contributed by atoms with Gasteiger partial charge in [-0.25, -0.2) is 0 Å². The average Bonchev–Trinajstić information content (AvgIpc) is 3.33. The maximum absolute atomic E-state index is 13.1. The number of benzene rings is 1. The summed E-state index contributed by atoms with van der Waals surface area (Å²) >= 11 is 0. The van der Waals surface area contributed by atoms with Gasteiger partial charge in [0.05, 0.1) is 13.0 Å². The van der Waals surface area contributed by atoms with Gasteiger partial charge in [-0.05, 0) is 49.9 Å². The zero-order valence-electron chi connectivity index (χ0n) is 19.4. The molecular weight excluding hydrogens is 430 g/mol. The zero-order valence-corrected chi connectivity index (χ0v) is 19.4. The normalized spacial score (nSPS) is 17.8. The fourth-order valence-electron chi connectivity index (χ4n) is 5.06. The Kier molecular flexibility index (Phi) is 6.74. The van der Waals surface area contributed by atoms with Gasteiger partial charge in [0, 0.05) is 44.2 Å². The molecule has 5 rings (SSSR count). The van der Waals surface area contributed by atoms with Crippen LogP contribution in [0.25, 0.3) is 5.65 Å². The van der Waals surface area contributed by atoms with Crippen molar-refractivity contribution in [1.29, 1.82) is 0 Å². The van der Waals surface area contributed by atoms with Gasteiger partial charge in [0.15, 0.2) is 5.65 Å². The van der Waals surface area contributed by atoms with Gasteiger partial charge in [-0.2, -0.15) is 0 Å². The molecule has 8 heteroatoms. The van der Waals surface area contributed by atoms with E-state index in [-0.39, 0.29) is 17.7 Å². The minimum Gasteiger partial charge on any atom is -0.493 e. The van der Waals surface area contributed by atoms with Gasteiger partial charge in [0.1, 0.15) is 11.6 Å². The minimum atomic E-state index is 0.00934. The number of likely N-dealkylation sites (tertiary alicyclic amines) is 2. The third-order valence-corrected chi connectivity index (χ3v) is 7.04. The number of piperidine rings is 2. The molecule has 4 heterocycles. The monoisotopic (exact) mass is 461 g/mol. The zero-order chi connectivity index (χ0) is 23.3. The van der Waals surface area contributed by atoms with Crippen LogP contribution in [-0.4, -0.2) is 69.0 Å². The van der Waals surface area contributed by atoms with E-state index in [1.54, 1.807) is 0 Å². The molecule has 0 saturated carbocycles. The summed E-state index contributed by atoms with van der Waals surface area (Å²) in [6.45, 7) is 3.16. The van der Waals surface area contributed by atoms with Gasteiger partial charge in [-0.15, -0.1) is 10.2 Å². The van der Waals surface area contributed by atoms with Crippen LogP contribution in [-0.2, 0) is 9.59 Å². The first-order chi connectivity index (χ1) is 16.7. The molecule has 178 valence electrons. The lowest BCUT2D eigenvalue weighted by Crippen LogP contribution is -2.46. The number of carbonyl (C=O) groups is 2. The molecule has 2 saturated heterocycles. The number of ether oxygens (including phenoxy) is 1. The van der Waals surface area contributed by atoms with Crippen LogP contribution in [0.15, 0.2) is 54.7 Å². The summed E-state index contributed by atoms with van der Waals surface area (Å²) in [6, 6.07) is 15.5. The maximum atomic E-state index is 13.1. The van der Waals surface area contributed by atoms with Crippen LogP contribution in [0, 0.1) is 5.92 Å². The molecular formula is C26H31N5O3. The van der Waals surface area contributed by atoms with Crippen LogP contribution in [0.3, 0.4) is 0 Å². The number of rotatable bonds is 6. The van der Waals surface area contributed by atoms with Crippen molar-refractivity contribution in [2.45, 2.75) is 38.0 Å². The van der Waals surface area contributed by atoms with Crippen LogP contribution in [0.4, 0.5) is 0 Å². The topological polar surface area (TPSA) is 80.0 Å². The Morgan fingerprint density at radius 3 is 2.32 bits per heavy atom. The van der Waals surface area contributed by atoms with Crippen molar-refractivity contribution >= 4 is 17.5 Å². The number of carbonyl (C=O) groups excluding carboxylic acids is 2. The van der Waals surface area contributed by atoms with E-state index < -0.39 is 0 Å². The molecule has 0 radical (unpaired) electrons. The van der Waals surface area contributed by atoms with E-state index in [9.17, 15) is 9.59 Å². The average molecular weight is 462 g/mol. The highest BCUT2D eigenvalue weighted by Gasteiger charge is 2.33. The molecule has 0 atom stereocenters. The summed E-state index contributed by atoms with van der Waals surface area (Å²) in [5.74, 6) is 2.44. The molecule has 2 amide bonds. The predicted octanol–water partition coefficient (Wildman–Crippen LogP) is 3.14. The number of aromatic nitrogens is 3. The molecule has 2 aliphatic rings. The van der Waals surface area contributed by atoms with Gasteiger partial charge in [0.25, 0.3) is 0 Å². The highest BCUT2D eigenvalue weighted by molar-refractivity contribution is 5.80. The predicted molar refractivity (Wildman–Crippen MR) is 127 cm³/mol. The van der Waals surface area contributed by atoms with E-state index >= 15 is 0 Å². The Balaban J connectivity index is 1.06. The van der Waals surface area contributed by atoms with E-state index in [1.165, 1.54) is 0 Å². The Morgan fingerprint density at radius 2 is 1.56 bits per heavy atom. The number of amides is 2. The number of hydrogen-bond donors (Lipinski definition) is 0. The fourth-order valence-corrected chi connectivity index (χ4v) is 5.06. The number of para-hydroxylation sites is 1. The SMILES string of the molecule is O=C(CCOc1ccccc1)N1CCC(C(=O)N2CCC(c3nnc4ccccn34)CC2)CC1. The Morgan fingerprint density at radius 1 is 0.853 bits per heavy atom. The van der Waals surface area contributed by atoms with Crippen LogP contribution in [0.1, 0.15) is 43.8 Å². The summed E-state index contributed by atoms with van der Waals surface area (Å²) in [5, 5.41) is 8.67. The van der Waals surface area contributed by atoms with Crippen LogP contribution >= 0.6 is 0 Å². The van der Waals surface area contributed by atoms with Crippen molar-refractivity contribution < 1.29 is 14.3 Å². The maximum Gasteiger partial charge on any atom is 0.225 e. The lowest BCUT2D eigenvalue weighted by molar-refractivity contribution is -0.141. The second-order valence-corrected chi connectivity index (χ2v) is 9.15. The molecule has 0 spiro atoms.